The molecule has 1 nitrogen and oxygen atoms in total. The van der Waals surface area contributed by atoms with Crippen LogP contribution in [0.5, 0.6) is 0 Å². The summed E-state index contributed by atoms with van der Waals surface area (Å²) in [5, 5.41) is 4.01. The van der Waals surface area contributed by atoms with E-state index in [9.17, 15) is 4.39 Å². The van der Waals surface area contributed by atoms with Gasteiger partial charge in [0.1, 0.15) is 5.82 Å². The fraction of sp³-hybridized carbons (Fsp3) is 0.250. The summed E-state index contributed by atoms with van der Waals surface area (Å²) in [6.45, 7) is 2.89. The lowest BCUT2D eigenvalue weighted by atomic mass is 9.98. The number of hydrogen-bond donors (Lipinski definition) is 1. The molecule has 0 saturated heterocycles. The zero-order valence-corrected chi connectivity index (χ0v) is 11.6. The van der Waals surface area contributed by atoms with Crippen LogP contribution in [0.2, 0.25) is 5.02 Å². The Morgan fingerprint density at radius 3 is 2.32 bits per heavy atom. The summed E-state index contributed by atoms with van der Waals surface area (Å²) in [6, 6.07) is 14.2. The molecule has 1 N–H and O–H groups in total. The van der Waals surface area contributed by atoms with E-state index in [-0.39, 0.29) is 11.9 Å². The first-order chi connectivity index (χ1) is 9.24. The smallest absolute Gasteiger partial charge is 0.128 e. The Morgan fingerprint density at radius 1 is 1.05 bits per heavy atom. The first-order valence-electron chi connectivity index (χ1n) is 6.46. The van der Waals surface area contributed by atoms with E-state index in [0.29, 0.717) is 10.6 Å². The Hall–Kier alpha value is -1.38. The van der Waals surface area contributed by atoms with Crippen LogP contribution in [0, 0.1) is 5.82 Å². The minimum Gasteiger partial charge on any atom is -0.306 e. The second-order valence-corrected chi connectivity index (χ2v) is 4.84. The summed E-state index contributed by atoms with van der Waals surface area (Å²) in [7, 11) is 0. The quantitative estimate of drug-likeness (QED) is 0.844. The Balaban J connectivity index is 2.42. The number of hydrogen-bond acceptors (Lipinski definition) is 1. The van der Waals surface area contributed by atoms with Gasteiger partial charge in [-0.25, -0.2) is 4.39 Å². The van der Waals surface area contributed by atoms with Gasteiger partial charge < -0.3 is 5.32 Å². The van der Waals surface area contributed by atoms with Gasteiger partial charge in [-0.1, -0.05) is 54.9 Å². The van der Waals surface area contributed by atoms with Gasteiger partial charge in [0, 0.05) is 10.6 Å². The maximum Gasteiger partial charge on any atom is 0.128 e. The highest BCUT2D eigenvalue weighted by molar-refractivity contribution is 6.31. The van der Waals surface area contributed by atoms with Crippen molar-refractivity contribution in [2.45, 2.75) is 19.4 Å². The predicted octanol–water partition coefficient (Wildman–Crippen LogP) is 4.57. The van der Waals surface area contributed by atoms with Gasteiger partial charge in [0.2, 0.25) is 0 Å². The number of rotatable bonds is 5. The maximum absolute atomic E-state index is 14.0. The summed E-state index contributed by atoms with van der Waals surface area (Å²) < 4.78 is 14.0. The molecule has 2 rings (SSSR count). The highest BCUT2D eigenvalue weighted by Gasteiger charge is 2.18. The van der Waals surface area contributed by atoms with Crippen LogP contribution in [0.15, 0.2) is 48.5 Å². The third-order valence-electron chi connectivity index (χ3n) is 3.03. The summed E-state index contributed by atoms with van der Waals surface area (Å²) in [5.74, 6) is -0.212. The fourth-order valence-electron chi connectivity index (χ4n) is 2.09. The van der Waals surface area contributed by atoms with Crippen molar-refractivity contribution in [2.24, 2.45) is 0 Å². The molecule has 100 valence electrons. The van der Waals surface area contributed by atoms with Crippen molar-refractivity contribution in [1.29, 1.82) is 0 Å². The molecular weight excluding hydrogens is 261 g/mol. The van der Waals surface area contributed by atoms with Crippen LogP contribution in [0.1, 0.15) is 30.5 Å². The standard InChI is InChI=1S/C16H17ClFN/c1-2-11-19-16(12-7-3-5-9-14(12)17)13-8-4-6-10-15(13)18/h3-10,16,19H,2,11H2,1H3. The lowest BCUT2D eigenvalue weighted by Crippen LogP contribution is -2.24. The van der Waals surface area contributed by atoms with Crippen molar-refractivity contribution in [1.82, 2.24) is 5.32 Å². The largest absolute Gasteiger partial charge is 0.306 e. The Kier molecular flexibility index (Phi) is 4.94. The normalized spacial score (nSPS) is 12.4. The molecule has 0 amide bonds. The third-order valence-corrected chi connectivity index (χ3v) is 3.38. The van der Waals surface area contributed by atoms with Crippen LogP contribution in [0.25, 0.3) is 0 Å². The van der Waals surface area contributed by atoms with Crippen LogP contribution in [-0.4, -0.2) is 6.54 Å². The third kappa shape index (κ3) is 3.34. The molecule has 2 aromatic rings. The van der Waals surface area contributed by atoms with Gasteiger partial charge >= 0.3 is 0 Å². The van der Waals surface area contributed by atoms with Crippen molar-refractivity contribution >= 4 is 11.6 Å². The molecule has 0 radical (unpaired) electrons. The molecule has 3 heteroatoms. The summed E-state index contributed by atoms with van der Waals surface area (Å²) in [5.41, 5.74) is 1.53. The second-order valence-electron chi connectivity index (χ2n) is 4.43. The zero-order chi connectivity index (χ0) is 13.7. The molecule has 0 bridgehead atoms. The fourth-order valence-corrected chi connectivity index (χ4v) is 2.34. The van der Waals surface area contributed by atoms with Crippen molar-refractivity contribution in [3.8, 4) is 0 Å². The average molecular weight is 278 g/mol. The van der Waals surface area contributed by atoms with Gasteiger partial charge in [-0.05, 0) is 30.7 Å². The van der Waals surface area contributed by atoms with Crippen LogP contribution in [0.4, 0.5) is 4.39 Å². The van der Waals surface area contributed by atoms with Gasteiger partial charge in [-0.3, -0.25) is 0 Å². The monoisotopic (exact) mass is 277 g/mol. The Bertz CT molecular complexity index is 496. The predicted molar refractivity (Wildman–Crippen MR) is 78.0 cm³/mol. The van der Waals surface area contributed by atoms with Crippen molar-refractivity contribution in [3.05, 3.63) is 70.5 Å². The van der Waals surface area contributed by atoms with Gasteiger partial charge in [-0.2, -0.15) is 0 Å². The van der Waals surface area contributed by atoms with E-state index in [1.165, 1.54) is 6.07 Å². The van der Waals surface area contributed by atoms with Crippen molar-refractivity contribution in [3.63, 3.8) is 0 Å². The van der Waals surface area contributed by atoms with Crippen molar-refractivity contribution < 1.29 is 4.39 Å². The van der Waals surface area contributed by atoms with E-state index in [2.05, 4.69) is 12.2 Å². The molecular formula is C16H17ClFN. The Morgan fingerprint density at radius 2 is 1.68 bits per heavy atom. The lowest BCUT2D eigenvalue weighted by Gasteiger charge is -2.21. The molecule has 0 aliphatic rings. The molecule has 0 heterocycles. The van der Waals surface area contributed by atoms with E-state index >= 15 is 0 Å². The Labute approximate surface area is 118 Å². The molecule has 0 aliphatic heterocycles. The summed E-state index contributed by atoms with van der Waals surface area (Å²) in [4.78, 5) is 0. The maximum atomic E-state index is 14.0. The minimum atomic E-state index is -0.213. The molecule has 0 aromatic heterocycles. The van der Waals surface area contributed by atoms with Crippen LogP contribution >= 0.6 is 11.6 Å². The lowest BCUT2D eigenvalue weighted by molar-refractivity contribution is 0.547. The highest BCUT2D eigenvalue weighted by Crippen LogP contribution is 2.29. The molecule has 1 unspecified atom stereocenters. The summed E-state index contributed by atoms with van der Waals surface area (Å²) >= 11 is 6.24. The van der Waals surface area contributed by atoms with Gasteiger partial charge in [0.25, 0.3) is 0 Å². The molecule has 0 aliphatic carbocycles. The first-order valence-corrected chi connectivity index (χ1v) is 6.84. The van der Waals surface area contributed by atoms with E-state index in [4.69, 9.17) is 11.6 Å². The average Bonchev–Trinajstić information content (AvgIpc) is 2.42. The SMILES string of the molecule is CCCNC(c1ccccc1F)c1ccccc1Cl. The van der Waals surface area contributed by atoms with E-state index in [0.717, 1.165) is 18.5 Å². The number of benzene rings is 2. The highest BCUT2D eigenvalue weighted by atomic mass is 35.5. The van der Waals surface area contributed by atoms with Crippen molar-refractivity contribution in [2.75, 3.05) is 6.54 Å². The van der Waals surface area contributed by atoms with Gasteiger partial charge in [-0.15, -0.1) is 0 Å². The first kappa shape index (κ1) is 14.0. The van der Waals surface area contributed by atoms with Crippen LogP contribution < -0.4 is 5.32 Å². The zero-order valence-electron chi connectivity index (χ0n) is 10.9. The van der Waals surface area contributed by atoms with E-state index < -0.39 is 0 Å². The number of nitrogens with one attached hydrogen (secondary N) is 1. The topological polar surface area (TPSA) is 12.0 Å². The molecule has 2 aromatic carbocycles. The van der Waals surface area contributed by atoms with E-state index in [1.807, 2.05) is 30.3 Å². The molecule has 19 heavy (non-hydrogen) atoms. The molecule has 0 saturated carbocycles. The second kappa shape index (κ2) is 6.69. The van der Waals surface area contributed by atoms with E-state index in [1.54, 1.807) is 12.1 Å². The summed E-state index contributed by atoms with van der Waals surface area (Å²) in [6.07, 6.45) is 0.982. The van der Waals surface area contributed by atoms with Gasteiger partial charge in [0.05, 0.1) is 6.04 Å². The minimum absolute atomic E-state index is 0.212. The molecule has 1 atom stereocenters. The van der Waals surface area contributed by atoms with Crippen LogP contribution in [0.3, 0.4) is 0 Å². The molecule has 0 spiro atoms. The van der Waals surface area contributed by atoms with Gasteiger partial charge in [0.15, 0.2) is 0 Å². The van der Waals surface area contributed by atoms with Crippen LogP contribution in [-0.2, 0) is 0 Å². The molecule has 0 fully saturated rings. The number of halogens is 2.